The number of benzene rings is 3. The van der Waals surface area contributed by atoms with Gasteiger partial charge in [-0.1, -0.05) is 68.0 Å². The molecule has 1 saturated carbocycles. The van der Waals surface area contributed by atoms with Crippen molar-refractivity contribution in [2.45, 2.75) is 70.6 Å². The van der Waals surface area contributed by atoms with E-state index in [4.69, 9.17) is 4.74 Å². The van der Waals surface area contributed by atoms with Gasteiger partial charge in [0.15, 0.2) is 23.2 Å². The van der Waals surface area contributed by atoms with Crippen LogP contribution in [0.15, 0.2) is 73.3 Å². The third kappa shape index (κ3) is 7.24. The molecule has 3 aromatic rings. The van der Waals surface area contributed by atoms with Crippen LogP contribution in [0.25, 0.3) is 11.1 Å². The van der Waals surface area contributed by atoms with Gasteiger partial charge in [0.25, 0.3) is 0 Å². The van der Waals surface area contributed by atoms with E-state index in [2.05, 4.69) is 49.9 Å². The average Bonchev–Trinajstić information content (AvgIpc) is 2.97. The van der Waals surface area contributed by atoms with Gasteiger partial charge in [-0.25, -0.2) is 13.2 Å². The molecule has 1 fully saturated rings. The predicted molar refractivity (Wildman–Crippen MR) is 155 cm³/mol. The minimum atomic E-state index is -1.26. The monoisotopic (exact) mass is 550 g/mol. The van der Waals surface area contributed by atoms with Crippen LogP contribution in [-0.2, 0) is 12.8 Å². The van der Waals surface area contributed by atoms with Gasteiger partial charge in [0.05, 0.1) is 6.61 Å². The van der Waals surface area contributed by atoms with Crippen LogP contribution in [0, 0.1) is 29.2 Å². The zero-order chi connectivity index (χ0) is 28.5. The molecule has 1 nitrogen and oxygen atoms in total. The molecule has 1 aliphatic rings. The number of halogens is 4. The Bertz CT molecular complexity index is 1300. The minimum Gasteiger partial charge on any atom is -0.490 e. The summed E-state index contributed by atoms with van der Waals surface area (Å²) in [5.41, 5.74) is 2.39. The summed E-state index contributed by atoms with van der Waals surface area (Å²) >= 11 is 0. The van der Waals surface area contributed by atoms with E-state index in [9.17, 15) is 8.78 Å². The summed E-state index contributed by atoms with van der Waals surface area (Å²) < 4.78 is 64.8. The van der Waals surface area contributed by atoms with Crippen molar-refractivity contribution in [3.05, 3.63) is 113 Å². The zero-order valence-electron chi connectivity index (χ0n) is 23.2. The number of hydrogen-bond acceptors (Lipinski definition) is 1. The molecule has 0 aliphatic heterocycles. The van der Waals surface area contributed by atoms with Gasteiger partial charge in [-0.15, -0.1) is 6.58 Å². The van der Waals surface area contributed by atoms with Crippen molar-refractivity contribution >= 4 is 0 Å². The molecule has 0 radical (unpaired) electrons. The van der Waals surface area contributed by atoms with Crippen LogP contribution in [0.1, 0.15) is 74.5 Å². The molecule has 4 rings (SSSR count). The predicted octanol–water partition coefficient (Wildman–Crippen LogP) is 10.3. The Hall–Kier alpha value is -3.34. The van der Waals surface area contributed by atoms with Gasteiger partial charge in [0, 0.05) is 11.1 Å². The molecule has 0 atom stereocenters. The molecule has 0 bridgehead atoms. The van der Waals surface area contributed by atoms with Crippen molar-refractivity contribution in [1.82, 2.24) is 0 Å². The summed E-state index contributed by atoms with van der Waals surface area (Å²) in [5.74, 6) is -4.55. The Morgan fingerprint density at radius 3 is 2.02 bits per heavy atom. The highest BCUT2D eigenvalue weighted by Gasteiger charge is 2.27. The van der Waals surface area contributed by atoms with Crippen LogP contribution in [-0.4, -0.2) is 6.61 Å². The second-order valence-electron chi connectivity index (χ2n) is 10.6. The Kier molecular flexibility index (Phi) is 10.6. The molecule has 0 amide bonds. The van der Waals surface area contributed by atoms with Crippen molar-refractivity contribution in [3.63, 3.8) is 0 Å². The molecule has 40 heavy (non-hydrogen) atoms. The van der Waals surface area contributed by atoms with Crippen LogP contribution >= 0.6 is 0 Å². The average molecular weight is 551 g/mol. The Balaban J connectivity index is 1.34. The second kappa shape index (κ2) is 14.3. The van der Waals surface area contributed by atoms with E-state index in [0.717, 1.165) is 51.4 Å². The first-order chi connectivity index (χ1) is 19.4. The zero-order valence-corrected chi connectivity index (χ0v) is 23.2. The molecule has 0 heterocycles. The molecule has 3 aromatic carbocycles. The maximum atomic E-state index is 15.2. The normalized spacial score (nSPS) is 17.3. The fraction of sp³-hybridized carbons (Fsp3) is 0.371. The summed E-state index contributed by atoms with van der Waals surface area (Å²) in [6.45, 7) is 5.88. The Morgan fingerprint density at radius 1 is 0.750 bits per heavy atom. The van der Waals surface area contributed by atoms with Gasteiger partial charge in [0.1, 0.15) is 0 Å². The van der Waals surface area contributed by atoms with Gasteiger partial charge in [-0.3, -0.25) is 0 Å². The van der Waals surface area contributed by atoms with Crippen molar-refractivity contribution in [2.24, 2.45) is 5.92 Å². The summed E-state index contributed by atoms with van der Waals surface area (Å²) in [5, 5.41) is 0. The lowest BCUT2D eigenvalue weighted by Crippen LogP contribution is -2.14. The third-order valence-corrected chi connectivity index (χ3v) is 7.81. The molecule has 1 aliphatic carbocycles. The van der Waals surface area contributed by atoms with E-state index in [1.165, 1.54) is 35.4 Å². The smallest absolute Gasteiger partial charge is 0.201 e. The lowest BCUT2D eigenvalue weighted by molar-refractivity contribution is 0.302. The summed E-state index contributed by atoms with van der Waals surface area (Å²) in [4.78, 5) is 0. The Labute approximate surface area is 235 Å². The van der Waals surface area contributed by atoms with Crippen LogP contribution in [0.3, 0.4) is 0 Å². The Morgan fingerprint density at radius 2 is 1.38 bits per heavy atom. The minimum absolute atomic E-state index is 0.0999. The first kappa shape index (κ1) is 29.6. The van der Waals surface area contributed by atoms with E-state index >= 15 is 8.78 Å². The van der Waals surface area contributed by atoms with E-state index < -0.39 is 23.3 Å². The number of allylic oxidation sites excluding steroid dienone is 2. The topological polar surface area (TPSA) is 9.23 Å². The molecule has 0 spiro atoms. The standard InChI is InChI=1S/C35H38F4O/c1-3-5-23-40-31-22-21-30(34(38)35(31)39)29-20-19-28(32(36)33(29)37)27-17-15-26(16-18-27)10-7-6-9-25-13-11-24(8-4-2)12-14-25/h3,7,10-14,19-22,26-27H,1,4-6,8-9,15-18,23H2,2H3/b10-7+. The molecule has 212 valence electrons. The van der Waals surface area contributed by atoms with Gasteiger partial charge in [0.2, 0.25) is 5.82 Å². The van der Waals surface area contributed by atoms with E-state index in [0.29, 0.717) is 17.9 Å². The second-order valence-corrected chi connectivity index (χ2v) is 10.6. The van der Waals surface area contributed by atoms with E-state index in [1.807, 2.05) is 0 Å². The molecule has 5 heteroatoms. The number of hydrogen-bond donors (Lipinski definition) is 0. The number of ether oxygens (including phenoxy) is 1. The first-order valence-corrected chi connectivity index (χ1v) is 14.4. The van der Waals surface area contributed by atoms with Crippen LogP contribution in [0.4, 0.5) is 17.6 Å². The van der Waals surface area contributed by atoms with Gasteiger partial charge in [-0.05, 0) is 92.0 Å². The molecule has 0 unspecified atom stereocenters. The lowest BCUT2D eigenvalue weighted by Gasteiger charge is -2.27. The molecular formula is C35H38F4O. The first-order valence-electron chi connectivity index (χ1n) is 14.4. The van der Waals surface area contributed by atoms with Crippen molar-refractivity contribution in [1.29, 1.82) is 0 Å². The quantitative estimate of drug-likeness (QED) is 0.124. The van der Waals surface area contributed by atoms with Crippen molar-refractivity contribution < 1.29 is 22.3 Å². The molecule has 0 saturated heterocycles. The van der Waals surface area contributed by atoms with Crippen LogP contribution < -0.4 is 4.74 Å². The highest BCUT2D eigenvalue weighted by molar-refractivity contribution is 5.66. The van der Waals surface area contributed by atoms with Crippen molar-refractivity contribution in [3.8, 4) is 16.9 Å². The van der Waals surface area contributed by atoms with Crippen LogP contribution in [0.2, 0.25) is 0 Å². The SMILES string of the molecule is C=CCCOc1ccc(-c2ccc(C3CCC(/C=C/CCc4ccc(CCC)cc4)CC3)c(F)c2F)c(F)c1F. The number of aryl methyl sites for hydroxylation is 2. The van der Waals surface area contributed by atoms with Gasteiger partial charge in [-0.2, -0.15) is 4.39 Å². The molecule has 0 aromatic heterocycles. The molecule has 0 N–H and O–H groups in total. The van der Waals surface area contributed by atoms with E-state index in [-0.39, 0.29) is 29.4 Å². The van der Waals surface area contributed by atoms with Crippen molar-refractivity contribution in [2.75, 3.05) is 6.61 Å². The fourth-order valence-electron chi connectivity index (χ4n) is 5.51. The van der Waals surface area contributed by atoms with E-state index in [1.54, 1.807) is 6.08 Å². The van der Waals surface area contributed by atoms with Crippen LogP contribution in [0.5, 0.6) is 5.75 Å². The molecular weight excluding hydrogens is 512 g/mol. The summed E-state index contributed by atoms with van der Waals surface area (Å²) in [7, 11) is 0. The summed E-state index contributed by atoms with van der Waals surface area (Å²) in [6.07, 6.45) is 14.1. The maximum Gasteiger partial charge on any atom is 0.201 e. The fourth-order valence-corrected chi connectivity index (χ4v) is 5.51. The largest absolute Gasteiger partial charge is 0.490 e. The lowest BCUT2D eigenvalue weighted by atomic mass is 9.78. The van der Waals surface area contributed by atoms with Gasteiger partial charge < -0.3 is 4.74 Å². The highest BCUT2D eigenvalue weighted by atomic mass is 19.2. The summed E-state index contributed by atoms with van der Waals surface area (Å²) in [6, 6.07) is 14.2. The third-order valence-electron chi connectivity index (χ3n) is 7.81. The number of rotatable bonds is 12. The highest BCUT2D eigenvalue weighted by Crippen LogP contribution is 2.40. The van der Waals surface area contributed by atoms with Gasteiger partial charge >= 0.3 is 0 Å². The maximum absolute atomic E-state index is 15.2.